The minimum absolute atomic E-state index is 0.118. The molecule has 1 N–H and O–H groups in total. The van der Waals surface area contributed by atoms with Gasteiger partial charge in [0, 0.05) is 24.3 Å². The van der Waals surface area contributed by atoms with Crippen LogP contribution in [0, 0.1) is 5.92 Å². The Balaban J connectivity index is 1.22. The third-order valence-corrected chi connectivity index (χ3v) is 4.35. The van der Waals surface area contributed by atoms with Crippen molar-refractivity contribution in [2.45, 2.75) is 12.5 Å². The number of fused-ring (bicyclic) bond motifs is 1. The van der Waals surface area contributed by atoms with E-state index in [4.69, 9.17) is 18.9 Å². The molecule has 4 rings (SSSR count). The van der Waals surface area contributed by atoms with Gasteiger partial charge in [0.15, 0.2) is 11.5 Å². The molecule has 1 aromatic rings. The summed E-state index contributed by atoms with van der Waals surface area (Å²) in [5.74, 6) is 1.87. The fourth-order valence-electron chi connectivity index (χ4n) is 2.87. The Morgan fingerprint density at radius 1 is 1.30 bits per heavy atom. The monoisotopic (exact) mass is 320 g/mol. The fraction of sp³-hybridized carbons (Fsp3) is 0.562. The maximum atomic E-state index is 12.2. The molecule has 0 aliphatic carbocycles. The predicted octanol–water partition coefficient (Wildman–Crippen LogP) is 1.68. The molecule has 124 valence electrons. The van der Waals surface area contributed by atoms with E-state index in [-0.39, 0.29) is 18.9 Å². The van der Waals surface area contributed by atoms with E-state index in [2.05, 4.69) is 5.32 Å². The van der Waals surface area contributed by atoms with E-state index in [0.29, 0.717) is 36.2 Å². The molecular weight excluding hydrogens is 300 g/mol. The fourth-order valence-corrected chi connectivity index (χ4v) is 2.87. The number of nitrogens with zero attached hydrogens (tertiary/aromatic N) is 1. The highest BCUT2D eigenvalue weighted by Crippen LogP contribution is 2.34. The summed E-state index contributed by atoms with van der Waals surface area (Å²) in [5, 5.41) is 2.87. The smallest absolute Gasteiger partial charge is 0.322 e. The maximum absolute atomic E-state index is 12.2. The van der Waals surface area contributed by atoms with Crippen LogP contribution in [0.15, 0.2) is 18.2 Å². The van der Waals surface area contributed by atoms with Crippen LogP contribution in [0.25, 0.3) is 0 Å². The van der Waals surface area contributed by atoms with E-state index in [0.717, 1.165) is 26.2 Å². The Kier molecular flexibility index (Phi) is 3.97. The van der Waals surface area contributed by atoms with Crippen LogP contribution in [0.1, 0.15) is 6.42 Å². The predicted molar refractivity (Wildman–Crippen MR) is 81.8 cm³/mol. The third-order valence-electron chi connectivity index (χ3n) is 4.35. The van der Waals surface area contributed by atoms with Gasteiger partial charge in [-0.25, -0.2) is 4.79 Å². The van der Waals surface area contributed by atoms with E-state index in [9.17, 15) is 4.79 Å². The number of carbonyl (C=O) groups excluding carboxylic acids is 1. The van der Waals surface area contributed by atoms with Crippen LogP contribution in [0.4, 0.5) is 10.5 Å². The normalized spacial score (nSPS) is 23.0. The van der Waals surface area contributed by atoms with Gasteiger partial charge < -0.3 is 29.2 Å². The van der Waals surface area contributed by atoms with Gasteiger partial charge in [-0.1, -0.05) is 0 Å². The number of ether oxygens (including phenoxy) is 4. The van der Waals surface area contributed by atoms with Gasteiger partial charge in [-0.05, 0) is 18.6 Å². The minimum Gasteiger partial charge on any atom is -0.454 e. The topological polar surface area (TPSA) is 69.3 Å². The molecule has 1 aromatic carbocycles. The molecule has 0 spiro atoms. The number of carbonyl (C=O) groups is 1. The van der Waals surface area contributed by atoms with Crippen molar-refractivity contribution in [1.82, 2.24) is 4.90 Å². The maximum Gasteiger partial charge on any atom is 0.322 e. The number of hydrogen-bond donors (Lipinski definition) is 1. The zero-order valence-corrected chi connectivity index (χ0v) is 12.8. The molecule has 2 amide bonds. The van der Waals surface area contributed by atoms with Crippen molar-refractivity contribution in [3.63, 3.8) is 0 Å². The quantitative estimate of drug-likeness (QED) is 0.914. The van der Waals surface area contributed by atoms with Crippen molar-refractivity contribution in [3.05, 3.63) is 18.2 Å². The average Bonchev–Trinajstić information content (AvgIpc) is 3.15. The second kappa shape index (κ2) is 6.25. The number of benzene rings is 1. The lowest BCUT2D eigenvalue weighted by molar-refractivity contribution is -0.0468. The summed E-state index contributed by atoms with van der Waals surface area (Å²) in [7, 11) is 0. The molecule has 3 heterocycles. The number of nitrogens with one attached hydrogen (secondary N) is 1. The minimum atomic E-state index is -0.118. The number of urea groups is 1. The summed E-state index contributed by atoms with van der Waals surface area (Å²) >= 11 is 0. The summed E-state index contributed by atoms with van der Waals surface area (Å²) < 4.78 is 21.7. The molecule has 2 fully saturated rings. The van der Waals surface area contributed by atoms with E-state index in [1.165, 1.54) is 0 Å². The first-order valence-electron chi connectivity index (χ1n) is 7.93. The highest BCUT2D eigenvalue weighted by molar-refractivity contribution is 5.90. The molecule has 0 bridgehead atoms. The molecule has 2 saturated heterocycles. The van der Waals surface area contributed by atoms with Crippen LogP contribution in [0.5, 0.6) is 11.5 Å². The zero-order valence-electron chi connectivity index (χ0n) is 12.8. The Labute approximate surface area is 134 Å². The second-order valence-electron chi connectivity index (χ2n) is 6.09. The van der Waals surface area contributed by atoms with Crippen molar-refractivity contribution in [1.29, 1.82) is 0 Å². The van der Waals surface area contributed by atoms with Gasteiger partial charge in [0.1, 0.15) is 0 Å². The second-order valence-corrected chi connectivity index (χ2v) is 6.09. The van der Waals surface area contributed by atoms with Crippen LogP contribution in [0.3, 0.4) is 0 Å². The summed E-state index contributed by atoms with van der Waals surface area (Å²) in [6, 6.07) is 5.25. The summed E-state index contributed by atoms with van der Waals surface area (Å²) in [5.41, 5.74) is 0.701. The first kappa shape index (κ1) is 14.6. The standard InChI is InChI=1S/C16H20N2O5/c19-16(17-12-1-2-14-15(5-12)23-10-22-14)18-6-13(7-18)21-9-11-3-4-20-8-11/h1-2,5,11,13H,3-4,6-10H2,(H,17,19). The lowest BCUT2D eigenvalue weighted by Gasteiger charge is -2.39. The van der Waals surface area contributed by atoms with Gasteiger partial charge in [-0.3, -0.25) is 0 Å². The highest BCUT2D eigenvalue weighted by Gasteiger charge is 2.32. The van der Waals surface area contributed by atoms with Crippen LogP contribution in [-0.4, -0.2) is 56.7 Å². The van der Waals surface area contributed by atoms with Crippen LogP contribution in [-0.2, 0) is 9.47 Å². The van der Waals surface area contributed by atoms with Gasteiger partial charge in [-0.15, -0.1) is 0 Å². The SMILES string of the molecule is O=C(Nc1ccc2c(c1)OCO2)N1CC(OCC2CCOC2)C1. The Morgan fingerprint density at radius 3 is 3.00 bits per heavy atom. The molecular formula is C16H20N2O5. The van der Waals surface area contributed by atoms with Crippen LogP contribution in [0.2, 0.25) is 0 Å². The van der Waals surface area contributed by atoms with E-state index in [1.807, 2.05) is 0 Å². The van der Waals surface area contributed by atoms with E-state index in [1.54, 1.807) is 23.1 Å². The number of anilines is 1. The third kappa shape index (κ3) is 3.20. The molecule has 3 aliphatic heterocycles. The molecule has 7 nitrogen and oxygen atoms in total. The number of amides is 2. The van der Waals surface area contributed by atoms with Crippen molar-refractivity contribution >= 4 is 11.7 Å². The molecule has 0 saturated carbocycles. The molecule has 3 aliphatic rings. The van der Waals surface area contributed by atoms with Gasteiger partial charge in [0.05, 0.1) is 32.4 Å². The van der Waals surface area contributed by atoms with E-state index >= 15 is 0 Å². The molecule has 1 unspecified atom stereocenters. The van der Waals surface area contributed by atoms with Gasteiger partial charge in [0.2, 0.25) is 6.79 Å². The summed E-state index contributed by atoms with van der Waals surface area (Å²) in [6.07, 6.45) is 1.21. The Hall–Kier alpha value is -1.99. The summed E-state index contributed by atoms with van der Waals surface area (Å²) in [4.78, 5) is 13.9. The molecule has 23 heavy (non-hydrogen) atoms. The molecule has 0 radical (unpaired) electrons. The van der Waals surface area contributed by atoms with Gasteiger partial charge in [-0.2, -0.15) is 0 Å². The first-order valence-corrected chi connectivity index (χ1v) is 7.93. The lowest BCUT2D eigenvalue weighted by Crippen LogP contribution is -2.56. The Morgan fingerprint density at radius 2 is 2.17 bits per heavy atom. The molecule has 7 heteroatoms. The van der Waals surface area contributed by atoms with Gasteiger partial charge >= 0.3 is 6.03 Å². The first-order chi connectivity index (χ1) is 11.3. The Bertz CT molecular complexity index is 582. The number of rotatable bonds is 4. The summed E-state index contributed by atoms with van der Waals surface area (Å²) in [6.45, 7) is 3.84. The van der Waals surface area contributed by atoms with Crippen LogP contribution >= 0.6 is 0 Å². The van der Waals surface area contributed by atoms with Crippen molar-refractivity contribution in [2.75, 3.05) is 45.0 Å². The molecule has 1 atom stereocenters. The van der Waals surface area contributed by atoms with Crippen molar-refractivity contribution in [3.8, 4) is 11.5 Å². The average molecular weight is 320 g/mol. The van der Waals surface area contributed by atoms with Crippen LogP contribution < -0.4 is 14.8 Å². The largest absolute Gasteiger partial charge is 0.454 e. The van der Waals surface area contributed by atoms with Crippen molar-refractivity contribution < 1.29 is 23.7 Å². The number of hydrogen-bond acceptors (Lipinski definition) is 5. The zero-order chi connectivity index (χ0) is 15.6. The van der Waals surface area contributed by atoms with Gasteiger partial charge in [0.25, 0.3) is 0 Å². The van der Waals surface area contributed by atoms with Crippen molar-refractivity contribution in [2.24, 2.45) is 5.92 Å². The lowest BCUT2D eigenvalue weighted by atomic mass is 10.1. The number of likely N-dealkylation sites (tertiary alicyclic amines) is 1. The molecule has 0 aromatic heterocycles. The highest BCUT2D eigenvalue weighted by atomic mass is 16.7. The van der Waals surface area contributed by atoms with E-state index < -0.39 is 0 Å².